The Hall–Kier alpha value is -1.97. The van der Waals surface area contributed by atoms with Gasteiger partial charge < -0.3 is 4.74 Å². The number of hydrogen-bond acceptors (Lipinski definition) is 4. The second kappa shape index (κ2) is 5.34. The van der Waals surface area contributed by atoms with Crippen LogP contribution in [0.1, 0.15) is 5.56 Å². The van der Waals surface area contributed by atoms with Crippen LogP contribution in [0.15, 0.2) is 24.3 Å². The van der Waals surface area contributed by atoms with Crippen LogP contribution in [-0.2, 0) is 21.1 Å². The maximum atomic E-state index is 12.4. The Morgan fingerprint density at radius 3 is 2.47 bits per heavy atom. The molecule has 0 aliphatic carbocycles. The molecule has 0 spiro atoms. The number of rotatable bonds is 3. The van der Waals surface area contributed by atoms with Crippen LogP contribution in [-0.4, -0.2) is 21.6 Å². The number of hydrogen-bond donors (Lipinski definition) is 2. The Balaban J connectivity index is 2.92. The highest BCUT2D eigenvalue weighted by atomic mass is 32.2. The fraction of sp³-hybridized carbons (Fsp3) is 0.222. The molecule has 0 fully saturated rings. The second-order valence-corrected chi connectivity index (χ2v) is 4.69. The Morgan fingerprint density at radius 2 is 1.95 bits per heavy atom. The van der Waals surface area contributed by atoms with Crippen LogP contribution in [0.3, 0.4) is 0 Å². The van der Waals surface area contributed by atoms with Gasteiger partial charge in [0.1, 0.15) is 0 Å². The number of benzene rings is 1. The number of nitrogens with one attached hydrogen (secondary N) is 2. The van der Waals surface area contributed by atoms with Crippen molar-refractivity contribution in [2.24, 2.45) is 0 Å². The summed E-state index contributed by atoms with van der Waals surface area (Å²) in [5.74, 6) is 0. The zero-order valence-corrected chi connectivity index (χ0v) is 10.3. The Bertz CT molecular complexity index is 571. The van der Waals surface area contributed by atoms with E-state index in [1.807, 2.05) is 0 Å². The van der Waals surface area contributed by atoms with E-state index in [0.29, 0.717) is 6.07 Å². The molecule has 106 valence electrons. The summed E-state index contributed by atoms with van der Waals surface area (Å²) < 4.78 is 67.1. The zero-order valence-electron chi connectivity index (χ0n) is 9.48. The van der Waals surface area contributed by atoms with Crippen LogP contribution in [0.25, 0.3) is 0 Å². The van der Waals surface area contributed by atoms with Crippen molar-refractivity contribution in [3.05, 3.63) is 29.8 Å². The lowest BCUT2D eigenvalue weighted by molar-refractivity contribution is -0.137. The average Bonchev–Trinajstić information content (AvgIpc) is 2.26. The molecule has 0 atom stereocenters. The fourth-order valence-corrected chi connectivity index (χ4v) is 1.88. The van der Waals surface area contributed by atoms with Crippen molar-refractivity contribution < 1.29 is 31.1 Å². The maximum absolute atomic E-state index is 12.4. The highest BCUT2D eigenvalue weighted by molar-refractivity contribution is 7.91. The summed E-state index contributed by atoms with van der Waals surface area (Å²) in [5, 5.41) is 0. The van der Waals surface area contributed by atoms with Gasteiger partial charge in [-0.3, -0.25) is 4.72 Å². The molecule has 1 rings (SSSR count). The number of alkyl halides is 3. The number of carbonyl (C=O) groups excluding carboxylic acids is 1. The third-order valence-corrected chi connectivity index (χ3v) is 2.79. The van der Waals surface area contributed by atoms with Crippen LogP contribution < -0.4 is 9.44 Å². The summed E-state index contributed by atoms with van der Waals surface area (Å²) in [4.78, 5) is 10.7. The van der Waals surface area contributed by atoms with E-state index in [4.69, 9.17) is 0 Å². The van der Waals surface area contributed by atoms with Crippen LogP contribution in [0.2, 0.25) is 0 Å². The number of anilines is 1. The van der Waals surface area contributed by atoms with Crippen molar-refractivity contribution in [2.75, 3.05) is 11.8 Å². The molecule has 1 amide bonds. The molecular weight excluding hydrogens is 289 g/mol. The molecule has 19 heavy (non-hydrogen) atoms. The first-order chi connectivity index (χ1) is 8.64. The number of amides is 1. The number of carbonyl (C=O) groups is 1. The van der Waals surface area contributed by atoms with Crippen molar-refractivity contribution >= 4 is 22.0 Å². The van der Waals surface area contributed by atoms with Crippen molar-refractivity contribution in [1.82, 2.24) is 4.72 Å². The minimum Gasteiger partial charge on any atom is -0.452 e. The van der Waals surface area contributed by atoms with Gasteiger partial charge in [0.15, 0.2) is 0 Å². The summed E-state index contributed by atoms with van der Waals surface area (Å²) in [7, 11) is -3.41. The normalized spacial score (nSPS) is 11.8. The molecule has 0 aliphatic heterocycles. The van der Waals surface area contributed by atoms with E-state index >= 15 is 0 Å². The molecule has 1 aromatic carbocycles. The van der Waals surface area contributed by atoms with E-state index in [0.717, 1.165) is 25.3 Å². The zero-order chi connectivity index (χ0) is 14.7. The Morgan fingerprint density at radius 1 is 1.32 bits per heavy atom. The average molecular weight is 298 g/mol. The highest BCUT2D eigenvalue weighted by Crippen LogP contribution is 2.30. The predicted molar refractivity (Wildman–Crippen MR) is 59.5 cm³/mol. The van der Waals surface area contributed by atoms with Gasteiger partial charge in [-0.2, -0.15) is 21.6 Å². The van der Waals surface area contributed by atoms with Gasteiger partial charge in [-0.25, -0.2) is 9.52 Å². The quantitative estimate of drug-likeness (QED) is 0.890. The van der Waals surface area contributed by atoms with Gasteiger partial charge in [0.25, 0.3) is 0 Å². The molecule has 0 aromatic heterocycles. The molecule has 0 bridgehead atoms. The van der Waals surface area contributed by atoms with Crippen LogP contribution in [0.5, 0.6) is 0 Å². The molecule has 0 unspecified atom stereocenters. The predicted octanol–water partition coefficient (Wildman–Crippen LogP) is 1.72. The molecule has 10 heteroatoms. The van der Waals surface area contributed by atoms with Crippen molar-refractivity contribution in [3.8, 4) is 0 Å². The topological polar surface area (TPSA) is 84.5 Å². The SMILES string of the molecule is COC(=O)NS(=O)(=O)Nc1cccc(C(F)(F)F)c1. The summed E-state index contributed by atoms with van der Waals surface area (Å²) in [6, 6.07) is 3.51. The molecule has 1 aromatic rings. The fourth-order valence-electron chi connectivity index (χ4n) is 1.09. The first-order valence-electron chi connectivity index (χ1n) is 4.70. The van der Waals surface area contributed by atoms with Gasteiger partial charge >= 0.3 is 22.5 Å². The highest BCUT2D eigenvalue weighted by Gasteiger charge is 2.30. The summed E-state index contributed by atoms with van der Waals surface area (Å²) >= 11 is 0. The van der Waals surface area contributed by atoms with E-state index in [1.54, 1.807) is 4.72 Å². The van der Waals surface area contributed by atoms with Gasteiger partial charge in [0.2, 0.25) is 0 Å². The van der Waals surface area contributed by atoms with Gasteiger partial charge in [-0.05, 0) is 18.2 Å². The Labute approximate surface area is 106 Å². The lowest BCUT2D eigenvalue weighted by Gasteiger charge is -2.11. The van der Waals surface area contributed by atoms with Crippen LogP contribution >= 0.6 is 0 Å². The first-order valence-corrected chi connectivity index (χ1v) is 6.18. The van der Waals surface area contributed by atoms with Crippen LogP contribution in [0.4, 0.5) is 23.7 Å². The molecule has 0 radical (unpaired) electrons. The monoisotopic (exact) mass is 298 g/mol. The minimum atomic E-state index is -4.60. The molecule has 0 heterocycles. The van der Waals surface area contributed by atoms with E-state index in [1.165, 1.54) is 4.72 Å². The van der Waals surface area contributed by atoms with Gasteiger partial charge in [-0.15, -0.1) is 0 Å². The third-order valence-electron chi connectivity index (χ3n) is 1.85. The Kier molecular flexibility index (Phi) is 4.24. The van der Waals surface area contributed by atoms with E-state index in [-0.39, 0.29) is 5.69 Å². The summed E-state index contributed by atoms with van der Waals surface area (Å²) in [6.45, 7) is 0. The molecule has 0 saturated heterocycles. The molecule has 6 nitrogen and oxygen atoms in total. The van der Waals surface area contributed by atoms with E-state index in [2.05, 4.69) is 4.74 Å². The first kappa shape index (κ1) is 15.1. The van der Waals surface area contributed by atoms with Crippen molar-refractivity contribution in [1.29, 1.82) is 0 Å². The molecule has 0 aliphatic rings. The van der Waals surface area contributed by atoms with E-state index in [9.17, 15) is 26.4 Å². The third kappa shape index (κ3) is 4.66. The van der Waals surface area contributed by atoms with Crippen LogP contribution in [0, 0.1) is 0 Å². The number of halogens is 3. The summed E-state index contributed by atoms with van der Waals surface area (Å²) in [6.07, 6.45) is -5.86. The molecule has 0 saturated carbocycles. The van der Waals surface area contributed by atoms with Gasteiger partial charge in [0, 0.05) is 0 Å². The lowest BCUT2D eigenvalue weighted by Crippen LogP contribution is -2.35. The van der Waals surface area contributed by atoms with Gasteiger partial charge in [0.05, 0.1) is 18.4 Å². The summed E-state index contributed by atoms with van der Waals surface area (Å²) in [5.41, 5.74) is -1.36. The standard InChI is InChI=1S/C9H9F3N2O4S/c1-18-8(15)14-19(16,17)13-7-4-2-3-6(5-7)9(10,11)12/h2-5,13H,1H3,(H,14,15). The second-order valence-electron chi connectivity index (χ2n) is 3.28. The smallest absolute Gasteiger partial charge is 0.422 e. The molecular formula is C9H9F3N2O4S. The van der Waals surface area contributed by atoms with Crippen molar-refractivity contribution in [3.63, 3.8) is 0 Å². The van der Waals surface area contributed by atoms with E-state index < -0.39 is 28.0 Å². The number of ether oxygens (including phenoxy) is 1. The lowest BCUT2D eigenvalue weighted by atomic mass is 10.2. The van der Waals surface area contributed by atoms with Gasteiger partial charge in [-0.1, -0.05) is 6.07 Å². The molecule has 2 N–H and O–H groups in total. The van der Waals surface area contributed by atoms with Crippen molar-refractivity contribution in [2.45, 2.75) is 6.18 Å². The maximum Gasteiger partial charge on any atom is 0.422 e. The number of methoxy groups -OCH3 is 1. The minimum absolute atomic E-state index is 0.341. The largest absolute Gasteiger partial charge is 0.452 e.